The van der Waals surface area contributed by atoms with Crippen molar-refractivity contribution in [3.8, 4) is 0 Å². The molecule has 2 fully saturated rings. The van der Waals surface area contributed by atoms with Gasteiger partial charge in [-0.15, -0.1) is 0 Å². The first kappa shape index (κ1) is 15.9. The highest BCUT2D eigenvalue weighted by molar-refractivity contribution is 6.43. The van der Waals surface area contributed by atoms with E-state index in [0.717, 1.165) is 44.7 Å². The molecule has 2 aliphatic heterocycles. The SMILES string of the molecule is O=C(C1CCOCC1)N1CCN(c2cccc(Cl)c2Cl)CC1. The van der Waals surface area contributed by atoms with Crippen LogP contribution < -0.4 is 4.90 Å². The van der Waals surface area contributed by atoms with Crippen molar-refractivity contribution in [2.45, 2.75) is 12.8 Å². The summed E-state index contributed by atoms with van der Waals surface area (Å²) in [7, 11) is 0. The van der Waals surface area contributed by atoms with Crippen LogP contribution in [0.2, 0.25) is 10.0 Å². The summed E-state index contributed by atoms with van der Waals surface area (Å²) in [5, 5.41) is 1.16. The molecule has 2 aliphatic rings. The fourth-order valence-electron chi connectivity index (χ4n) is 3.11. The standard InChI is InChI=1S/C16H20Cl2N2O2/c17-13-2-1-3-14(15(13)18)19-6-8-20(9-7-19)16(21)12-4-10-22-11-5-12/h1-3,12H,4-11H2. The number of halogens is 2. The minimum absolute atomic E-state index is 0.134. The predicted molar refractivity (Wildman–Crippen MR) is 88.8 cm³/mol. The van der Waals surface area contributed by atoms with E-state index in [1.807, 2.05) is 17.0 Å². The van der Waals surface area contributed by atoms with Crippen molar-refractivity contribution in [2.24, 2.45) is 5.92 Å². The topological polar surface area (TPSA) is 32.8 Å². The summed E-state index contributed by atoms with van der Waals surface area (Å²) < 4.78 is 5.33. The third kappa shape index (κ3) is 3.34. The Kier molecular flexibility index (Phi) is 5.11. The van der Waals surface area contributed by atoms with E-state index in [1.54, 1.807) is 6.07 Å². The van der Waals surface area contributed by atoms with Gasteiger partial charge in [-0.1, -0.05) is 29.3 Å². The highest BCUT2D eigenvalue weighted by Gasteiger charge is 2.29. The number of ether oxygens (including phenoxy) is 1. The zero-order chi connectivity index (χ0) is 15.5. The molecule has 6 heteroatoms. The lowest BCUT2D eigenvalue weighted by Crippen LogP contribution is -2.51. The lowest BCUT2D eigenvalue weighted by molar-refractivity contribution is -0.138. The Labute approximate surface area is 140 Å². The number of nitrogens with zero attached hydrogens (tertiary/aromatic N) is 2. The van der Waals surface area contributed by atoms with E-state index in [2.05, 4.69) is 4.90 Å². The van der Waals surface area contributed by atoms with Gasteiger partial charge in [0.2, 0.25) is 5.91 Å². The van der Waals surface area contributed by atoms with Crippen LogP contribution in [0.25, 0.3) is 0 Å². The quantitative estimate of drug-likeness (QED) is 0.827. The summed E-state index contributed by atoms with van der Waals surface area (Å²) in [5.41, 5.74) is 0.951. The lowest BCUT2D eigenvalue weighted by Gasteiger charge is -2.38. The summed E-state index contributed by atoms with van der Waals surface area (Å²) in [6.07, 6.45) is 1.69. The Hall–Kier alpha value is -0.970. The minimum Gasteiger partial charge on any atom is -0.381 e. The van der Waals surface area contributed by atoms with Gasteiger partial charge in [-0.2, -0.15) is 0 Å². The molecule has 2 heterocycles. The van der Waals surface area contributed by atoms with Gasteiger partial charge < -0.3 is 14.5 Å². The molecule has 0 spiro atoms. The van der Waals surface area contributed by atoms with E-state index in [0.29, 0.717) is 23.3 Å². The maximum Gasteiger partial charge on any atom is 0.225 e. The first-order valence-electron chi connectivity index (χ1n) is 7.72. The molecule has 0 N–H and O–H groups in total. The molecule has 2 saturated heterocycles. The normalized spacial score (nSPS) is 20.3. The number of amides is 1. The third-order valence-electron chi connectivity index (χ3n) is 4.43. The zero-order valence-electron chi connectivity index (χ0n) is 12.4. The van der Waals surface area contributed by atoms with Gasteiger partial charge in [-0.05, 0) is 25.0 Å². The van der Waals surface area contributed by atoms with Crippen molar-refractivity contribution in [1.29, 1.82) is 0 Å². The molecule has 3 rings (SSSR count). The van der Waals surface area contributed by atoms with E-state index in [4.69, 9.17) is 27.9 Å². The Morgan fingerprint density at radius 1 is 1.09 bits per heavy atom. The number of carbonyl (C=O) groups is 1. The maximum atomic E-state index is 12.5. The monoisotopic (exact) mass is 342 g/mol. The van der Waals surface area contributed by atoms with E-state index in [1.165, 1.54) is 0 Å². The van der Waals surface area contributed by atoms with E-state index in [9.17, 15) is 4.79 Å². The van der Waals surface area contributed by atoms with Crippen LogP contribution in [0, 0.1) is 5.92 Å². The van der Waals surface area contributed by atoms with E-state index < -0.39 is 0 Å². The van der Waals surface area contributed by atoms with Gasteiger partial charge in [-0.3, -0.25) is 4.79 Å². The van der Waals surface area contributed by atoms with Crippen LogP contribution in [0.15, 0.2) is 18.2 Å². The number of benzene rings is 1. The number of rotatable bonds is 2. The van der Waals surface area contributed by atoms with Crippen molar-refractivity contribution in [3.63, 3.8) is 0 Å². The summed E-state index contributed by atoms with van der Waals surface area (Å²) in [6.45, 7) is 4.45. The molecule has 0 bridgehead atoms. The minimum atomic E-state index is 0.134. The summed E-state index contributed by atoms with van der Waals surface area (Å²) >= 11 is 12.4. The van der Waals surface area contributed by atoms with Gasteiger partial charge in [0, 0.05) is 45.3 Å². The van der Waals surface area contributed by atoms with E-state index >= 15 is 0 Å². The van der Waals surface area contributed by atoms with Crippen LogP contribution in [0.1, 0.15) is 12.8 Å². The molecule has 1 amide bonds. The fraction of sp³-hybridized carbons (Fsp3) is 0.562. The van der Waals surface area contributed by atoms with Crippen LogP contribution in [-0.2, 0) is 9.53 Å². The van der Waals surface area contributed by atoms with Crippen molar-refractivity contribution < 1.29 is 9.53 Å². The molecule has 4 nitrogen and oxygen atoms in total. The fourth-order valence-corrected chi connectivity index (χ4v) is 3.52. The lowest BCUT2D eigenvalue weighted by atomic mass is 9.98. The number of piperazine rings is 1. The highest BCUT2D eigenvalue weighted by Crippen LogP contribution is 2.33. The molecule has 0 aliphatic carbocycles. The number of carbonyl (C=O) groups excluding carboxylic acids is 1. The smallest absolute Gasteiger partial charge is 0.225 e. The van der Waals surface area contributed by atoms with Crippen molar-refractivity contribution in [1.82, 2.24) is 4.90 Å². The molecule has 0 atom stereocenters. The van der Waals surface area contributed by atoms with Crippen molar-refractivity contribution in [3.05, 3.63) is 28.2 Å². The molecule has 0 radical (unpaired) electrons. The molecule has 0 unspecified atom stereocenters. The Balaban J connectivity index is 1.60. The first-order chi connectivity index (χ1) is 10.7. The van der Waals surface area contributed by atoms with Gasteiger partial charge >= 0.3 is 0 Å². The second-order valence-corrected chi connectivity index (χ2v) is 6.56. The maximum absolute atomic E-state index is 12.5. The van der Waals surface area contributed by atoms with Gasteiger partial charge in [0.25, 0.3) is 0 Å². The van der Waals surface area contributed by atoms with Crippen LogP contribution in [-0.4, -0.2) is 50.2 Å². The molecular formula is C16H20Cl2N2O2. The Bertz CT molecular complexity index is 539. The molecule has 1 aromatic rings. The van der Waals surface area contributed by atoms with Crippen LogP contribution in [0.4, 0.5) is 5.69 Å². The van der Waals surface area contributed by atoms with Crippen molar-refractivity contribution in [2.75, 3.05) is 44.3 Å². The van der Waals surface area contributed by atoms with Crippen molar-refractivity contribution >= 4 is 34.8 Å². The number of anilines is 1. The average molecular weight is 343 g/mol. The molecule has 0 aromatic heterocycles. The molecule has 0 saturated carbocycles. The second-order valence-electron chi connectivity index (χ2n) is 5.77. The summed E-state index contributed by atoms with van der Waals surface area (Å²) in [6, 6.07) is 5.67. The molecule has 120 valence electrons. The number of hydrogen-bond acceptors (Lipinski definition) is 3. The summed E-state index contributed by atoms with van der Waals surface area (Å²) in [5.74, 6) is 0.412. The first-order valence-corrected chi connectivity index (χ1v) is 8.48. The predicted octanol–water partition coefficient (Wildman–Crippen LogP) is 3.07. The zero-order valence-corrected chi connectivity index (χ0v) is 13.9. The van der Waals surface area contributed by atoms with Gasteiger partial charge in [0.1, 0.15) is 0 Å². The highest BCUT2D eigenvalue weighted by atomic mass is 35.5. The molecule has 22 heavy (non-hydrogen) atoms. The van der Waals surface area contributed by atoms with E-state index in [-0.39, 0.29) is 11.8 Å². The second kappa shape index (κ2) is 7.07. The van der Waals surface area contributed by atoms with Gasteiger partial charge in [0.15, 0.2) is 0 Å². The third-order valence-corrected chi connectivity index (χ3v) is 5.24. The largest absolute Gasteiger partial charge is 0.381 e. The Morgan fingerprint density at radius 3 is 2.45 bits per heavy atom. The molecular weight excluding hydrogens is 323 g/mol. The Morgan fingerprint density at radius 2 is 1.77 bits per heavy atom. The molecule has 1 aromatic carbocycles. The number of hydrogen-bond donors (Lipinski definition) is 0. The van der Waals surface area contributed by atoms with Crippen LogP contribution in [0.5, 0.6) is 0 Å². The van der Waals surface area contributed by atoms with Gasteiger partial charge in [-0.25, -0.2) is 0 Å². The van der Waals surface area contributed by atoms with Crippen LogP contribution >= 0.6 is 23.2 Å². The average Bonchev–Trinajstić information content (AvgIpc) is 2.58. The van der Waals surface area contributed by atoms with Gasteiger partial charge in [0.05, 0.1) is 15.7 Å². The van der Waals surface area contributed by atoms with Crippen LogP contribution in [0.3, 0.4) is 0 Å². The summed E-state index contributed by atoms with van der Waals surface area (Å²) in [4.78, 5) is 16.7.